The van der Waals surface area contributed by atoms with E-state index in [1.165, 1.54) is 6.33 Å². The van der Waals surface area contributed by atoms with Gasteiger partial charge in [0.1, 0.15) is 12.1 Å². The van der Waals surface area contributed by atoms with Gasteiger partial charge in [0.2, 0.25) is 8.32 Å². The number of aromatic nitrogens is 4. The van der Waals surface area contributed by atoms with Crippen LogP contribution in [0.1, 0.15) is 75.9 Å². The van der Waals surface area contributed by atoms with Gasteiger partial charge in [0.05, 0.1) is 11.7 Å². The van der Waals surface area contributed by atoms with Gasteiger partial charge in [0.25, 0.3) is 0 Å². The molecule has 0 bridgehead atoms. The zero-order chi connectivity index (χ0) is 29.0. The minimum atomic E-state index is -2.10. The van der Waals surface area contributed by atoms with Gasteiger partial charge in [0.15, 0.2) is 5.78 Å². The first-order valence-corrected chi connectivity index (χ1v) is 17.1. The van der Waals surface area contributed by atoms with Crippen molar-refractivity contribution in [3.63, 3.8) is 0 Å². The van der Waals surface area contributed by atoms with Crippen molar-refractivity contribution >= 4 is 35.8 Å². The highest BCUT2D eigenvalue weighted by atomic mass is 79.9. The Bertz CT molecular complexity index is 1280. The molecule has 1 aliphatic rings. The lowest BCUT2D eigenvalue weighted by Crippen LogP contribution is -2.51. The first-order valence-electron chi connectivity index (χ1n) is 14.2. The number of aliphatic hydroxyl groups excluding tert-OH is 1. The maximum atomic E-state index is 13.5. The van der Waals surface area contributed by atoms with Crippen molar-refractivity contribution in [2.45, 2.75) is 89.7 Å². The van der Waals surface area contributed by atoms with E-state index in [4.69, 9.17) is 4.43 Å². The molecule has 0 aromatic carbocycles. The molecule has 4 rings (SSSR count). The molecule has 10 heteroatoms. The summed E-state index contributed by atoms with van der Waals surface area (Å²) < 4.78 is 9.97. The normalized spacial score (nSPS) is 19.6. The summed E-state index contributed by atoms with van der Waals surface area (Å²) in [6.45, 7) is 14.4. The first kappa shape index (κ1) is 30.6. The lowest BCUT2D eigenvalue weighted by molar-refractivity contribution is 0.0941. The maximum Gasteiger partial charge on any atom is 0.200 e. The SMILES string of the molecule is CC(C)[Si](O[C@H]1C[C@H](Nc2ncncc2C(=O)c2ccn(Cc3cncc(Br)c3)c2)C[C@@H]1CO)(C(C)C)C(C)C. The van der Waals surface area contributed by atoms with Crippen LogP contribution in [0.3, 0.4) is 0 Å². The second-order valence-corrected chi connectivity index (χ2v) is 18.2. The Kier molecular flexibility index (Phi) is 9.97. The van der Waals surface area contributed by atoms with Crippen molar-refractivity contribution in [2.75, 3.05) is 11.9 Å². The fourth-order valence-corrected chi connectivity index (χ4v) is 12.6. The summed E-state index contributed by atoms with van der Waals surface area (Å²) in [6.07, 6.45) is 11.8. The van der Waals surface area contributed by atoms with Crippen molar-refractivity contribution in [1.82, 2.24) is 19.5 Å². The van der Waals surface area contributed by atoms with Crippen LogP contribution in [0.2, 0.25) is 16.6 Å². The van der Waals surface area contributed by atoms with Crippen LogP contribution in [0.5, 0.6) is 0 Å². The Labute approximate surface area is 247 Å². The molecule has 0 saturated heterocycles. The summed E-state index contributed by atoms with van der Waals surface area (Å²) in [5.74, 6) is 0.430. The van der Waals surface area contributed by atoms with E-state index in [2.05, 4.69) is 77.7 Å². The summed E-state index contributed by atoms with van der Waals surface area (Å²) in [7, 11) is -2.10. The molecule has 3 aromatic rings. The van der Waals surface area contributed by atoms with E-state index >= 15 is 0 Å². The average Bonchev–Trinajstić information content (AvgIpc) is 3.53. The Hall–Kier alpha value is -2.40. The predicted molar refractivity (Wildman–Crippen MR) is 164 cm³/mol. The van der Waals surface area contributed by atoms with Crippen LogP contribution in [0.25, 0.3) is 0 Å². The number of halogens is 1. The van der Waals surface area contributed by atoms with E-state index in [1.807, 2.05) is 35.3 Å². The van der Waals surface area contributed by atoms with Gasteiger partial charge >= 0.3 is 0 Å². The van der Waals surface area contributed by atoms with Crippen LogP contribution in [0.4, 0.5) is 5.82 Å². The molecule has 3 aromatic heterocycles. The van der Waals surface area contributed by atoms with E-state index in [0.717, 1.165) is 22.9 Å². The maximum absolute atomic E-state index is 13.5. The number of rotatable bonds is 12. The van der Waals surface area contributed by atoms with E-state index in [0.29, 0.717) is 40.1 Å². The summed E-state index contributed by atoms with van der Waals surface area (Å²) in [6, 6.07) is 3.87. The molecular formula is C30H42BrN5O3Si. The van der Waals surface area contributed by atoms with Crippen molar-refractivity contribution < 1.29 is 14.3 Å². The van der Waals surface area contributed by atoms with Gasteiger partial charge in [-0.1, -0.05) is 41.5 Å². The van der Waals surface area contributed by atoms with Crippen molar-refractivity contribution in [2.24, 2.45) is 5.92 Å². The molecule has 216 valence electrons. The molecule has 40 heavy (non-hydrogen) atoms. The molecule has 1 saturated carbocycles. The highest BCUT2D eigenvalue weighted by Gasteiger charge is 2.49. The minimum Gasteiger partial charge on any atom is -0.413 e. The van der Waals surface area contributed by atoms with E-state index in [-0.39, 0.29) is 30.5 Å². The molecule has 0 aliphatic heterocycles. The molecule has 3 atom stereocenters. The molecule has 1 fully saturated rings. The van der Waals surface area contributed by atoms with Crippen molar-refractivity contribution in [3.05, 3.63) is 70.6 Å². The van der Waals surface area contributed by atoms with E-state index < -0.39 is 8.32 Å². The highest BCUT2D eigenvalue weighted by molar-refractivity contribution is 9.10. The highest BCUT2D eigenvalue weighted by Crippen LogP contribution is 2.46. The van der Waals surface area contributed by atoms with Gasteiger partial charge in [-0.3, -0.25) is 9.78 Å². The largest absolute Gasteiger partial charge is 0.413 e. The number of carbonyl (C=O) groups is 1. The molecule has 1 aliphatic carbocycles. The molecule has 0 unspecified atom stereocenters. The van der Waals surface area contributed by atoms with E-state index in [9.17, 15) is 9.90 Å². The van der Waals surface area contributed by atoms with Crippen molar-refractivity contribution in [3.8, 4) is 0 Å². The van der Waals surface area contributed by atoms with Gasteiger partial charge < -0.3 is 19.4 Å². The number of ketones is 1. The van der Waals surface area contributed by atoms with Gasteiger partial charge in [0, 0.05) is 66.1 Å². The summed E-state index contributed by atoms with van der Waals surface area (Å²) in [5.41, 5.74) is 3.45. The molecule has 0 spiro atoms. The molecule has 0 radical (unpaired) electrons. The fraction of sp³-hybridized carbons (Fsp3) is 0.533. The molecule has 2 N–H and O–H groups in total. The Morgan fingerprint density at radius 1 is 1.12 bits per heavy atom. The second kappa shape index (κ2) is 13.1. The number of aliphatic hydroxyl groups is 1. The molecular weight excluding hydrogens is 586 g/mol. The number of hydrogen-bond donors (Lipinski definition) is 2. The number of nitrogens with one attached hydrogen (secondary N) is 1. The summed E-state index contributed by atoms with van der Waals surface area (Å²) in [4.78, 5) is 26.4. The Balaban J connectivity index is 1.49. The first-order chi connectivity index (χ1) is 19.0. The molecule has 3 heterocycles. The van der Waals surface area contributed by atoms with Crippen LogP contribution in [-0.2, 0) is 11.0 Å². The smallest absolute Gasteiger partial charge is 0.200 e. The third-order valence-corrected chi connectivity index (χ3v) is 14.9. The number of anilines is 1. The number of carbonyl (C=O) groups excluding carboxylic acids is 1. The van der Waals surface area contributed by atoms with E-state index in [1.54, 1.807) is 12.4 Å². The monoisotopic (exact) mass is 627 g/mol. The standard InChI is InChI=1S/C30H42BrN5O3Si/c1-19(2)40(20(3)4,21(5)6)39-28-11-26(10-24(28)17-37)35-30-27(14-33-18-34-30)29(38)23-7-8-36(16-23)15-22-9-25(31)13-32-12-22/h7-9,12-14,16,18-21,24,26,28,37H,10-11,15,17H2,1-6H3,(H,33,34,35)/t24-,26-,28+/m1/s1. The third kappa shape index (κ3) is 6.56. The molecule has 8 nitrogen and oxygen atoms in total. The predicted octanol–water partition coefficient (Wildman–Crippen LogP) is 6.46. The van der Waals surface area contributed by atoms with Crippen LogP contribution in [0.15, 0.2) is 53.9 Å². The topological polar surface area (TPSA) is 102 Å². The lowest BCUT2D eigenvalue weighted by Gasteiger charge is -2.45. The van der Waals surface area contributed by atoms with Crippen LogP contribution >= 0.6 is 15.9 Å². The van der Waals surface area contributed by atoms with Crippen LogP contribution < -0.4 is 5.32 Å². The van der Waals surface area contributed by atoms with Crippen LogP contribution in [0, 0.1) is 5.92 Å². The fourth-order valence-electron chi connectivity index (χ4n) is 6.60. The zero-order valence-electron chi connectivity index (χ0n) is 24.3. The number of nitrogens with zero attached hydrogens (tertiary/aromatic N) is 4. The van der Waals surface area contributed by atoms with Gasteiger partial charge in [-0.15, -0.1) is 0 Å². The summed E-state index contributed by atoms with van der Waals surface area (Å²) >= 11 is 3.46. The second-order valence-electron chi connectivity index (χ2n) is 11.9. The van der Waals surface area contributed by atoms with Gasteiger partial charge in [-0.2, -0.15) is 0 Å². The third-order valence-electron chi connectivity index (χ3n) is 8.36. The summed E-state index contributed by atoms with van der Waals surface area (Å²) in [5, 5.41) is 13.8. The lowest BCUT2D eigenvalue weighted by atomic mass is 10.1. The van der Waals surface area contributed by atoms with Gasteiger partial charge in [-0.25, -0.2) is 9.97 Å². The zero-order valence-corrected chi connectivity index (χ0v) is 26.9. The molecule has 0 amide bonds. The number of pyridine rings is 1. The van der Waals surface area contributed by atoms with Crippen LogP contribution in [-0.4, -0.2) is 57.5 Å². The average molecular weight is 629 g/mol. The minimum absolute atomic E-state index is 0.0242. The Morgan fingerprint density at radius 2 is 1.85 bits per heavy atom. The van der Waals surface area contributed by atoms with Gasteiger partial charge in [-0.05, 0) is 63.1 Å². The van der Waals surface area contributed by atoms with Crippen molar-refractivity contribution in [1.29, 1.82) is 0 Å². The Morgan fingerprint density at radius 3 is 2.50 bits per heavy atom. The number of hydrogen-bond acceptors (Lipinski definition) is 7. The quantitative estimate of drug-likeness (QED) is 0.175.